The van der Waals surface area contributed by atoms with E-state index < -0.39 is 11.0 Å². The first-order valence-electron chi connectivity index (χ1n) is 3.65. The maximum atomic E-state index is 11.2. The molecule has 1 atom stereocenters. The topological polar surface area (TPSA) is 44.6 Å². The Bertz CT molecular complexity index is 357. The summed E-state index contributed by atoms with van der Waals surface area (Å²) >= 11 is 0. The monoisotopic (exact) mass is 161 g/mol. The van der Waals surface area contributed by atoms with Gasteiger partial charge in [0.2, 0.25) is 0 Å². The molecule has 1 aliphatic rings. The Kier molecular flexibility index (Phi) is 1.53. The Labute approximate surface area is 69.5 Å². The van der Waals surface area contributed by atoms with Gasteiger partial charge >= 0.3 is 5.91 Å². The Hall–Kier alpha value is -1.45. The fourth-order valence-corrected chi connectivity index (χ4v) is 1.22. The van der Waals surface area contributed by atoms with Crippen LogP contribution in [0.25, 0.3) is 6.08 Å². The quantitative estimate of drug-likeness (QED) is 0.552. The molecule has 0 bridgehead atoms. The molecule has 1 amide bonds. The maximum absolute atomic E-state index is 11.2. The van der Waals surface area contributed by atoms with E-state index >= 15 is 0 Å². The van der Waals surface area contributed by atoms with Crippen LogP contribution < -0.4 is 5.06 Å². The Morgan fingerprint density at radius 2 is 2.00 bits per heavy atom. The predicted octanol–water partition coefficient (Wildman–Crippen LogP) is 0.194. The van der Waals surface area contributed by atoms with Crippen molar-refractivity contribution in [3.63, 3.8) is 0 Å². The third-order valence-electron chi connectivity index (χ3n) is 1.84. The Balaban J connectivity index is 2.59. The third-order valence-corrected chi connectivity index (χ3v) is 1.84. The van der Waals surface area contributed by atoms with Gasteiger partial charge in [0.25, 0.3) is 0 Å². The molecule has 1 unspecified atom stereocenters. The first kappa shape index (κ1) is 7.21. The normalized spacial score (nSPS) is 20.8. The van der Waals surface area contributed by atoms with Crippen LogP contribution in [0.1, 0.15) is 15.9 Å². The molecule has 3 heteroatoms. The number of carbonyl (C=O) groups is 1. The molecule has 0 radical (unpaired) electrons. The van der Waals surface area contributed by atoms with Crippen molar-refractivity contribution in [2.45, 2.75) is 0 Å². The van der Waals surface area contributed by atoms with Gasteiger partial charge in [0.15, 0.2) is 0 Å². The van der Waals surface area contributed by atoms with Crippen molar-refractivity contribution in [2.75, 3.05) is 0 Å². The van der Waals surface area contributed by atoms with Gasteiger partial charge in [-0.2, -0.15) is 0 Å². The van der Waals surface area contributed by atoms with Crippen molar-refractivity contribution in [2.24, 2.45) is 0 Å². The summed E-state index contributed by atoms with van der Waals surface area (Å²) in [7, 11) is 0. The van der Waals surface area contributed by atoms with Crippen molar-refractivity contribution in [1.82, 2.24) is 0 Å². The van der Waals surface area contributed by atoms with Gasteiger partial charge in [-0.25, -0.2) is 4.79 Å². The van der Waals surface area contributed by atoms with Gasteiger partial charge < -0.3 is 5.21 Å². The fourth-order valence-electron chi connectivity index (χ4n) is 1.22. The Morgan fingerprint density at radius 3 is 2.83 bits per heavy atom. The van der Waals surface area contributed by atoms with Crippen LogP contribution in [0.2, 0.25) is 0 Å². The molecule has 1 heterocycles. The second kappa shape index (κ2) is 2.55. The first-order valence-corrected chi connectivity index (χ1v) is 3.65. The second-order valence-electron chi connectivity index (χ2n) is 2.61. The number of hydrogen-bond acceptors (Lipinski definition) is 2. The van der Waals surface area contributed by atoms with Crippen LogP contribution in [0.5, 0.6) is 0 Å². The van der Waals surface area contributed by atoms with Gasteiger partial charge in [-0.05, 0) is 11.6 Å². The number of nitrogens with one attached hydrogen (secondary N) is 1. The molecule has 0 saturated heterocycles. The molecule has 0 spiro atoms. The lowest BCUT2D eigenvalue weighted by molar-refractivity contribution is -0.694. The van der Waals surface area contributed by atoms with Crippen LogP contribution in [0.15, 0.2) is 30.5 Å². The molecule has 0 aliphatic carbocycles. The van der Waals surface area contributed by atoms with Gasteiger partial charge in [-0.15, -0.1) is 0 Å². The molecule has 2 rings (SSSR count). The second-order valence-corrected chi connectivity index (χ2v) is 2.61. The molecule has 12 heavy (non-hydrogen) atoms. The predicted molar refractivity (Wildman–Crippen MR) is 44.1 cm³/mol. The first-order chi connectivity index (χ1) is 5.79. The average Bonchev–Trinajstić information content (AvgIpc) is 2.12. The summed E-state index contributed by atoms with van der Waals surface area (Å²) < 4.78 is 0. The van der Waals surface area contributed by atoms with E-state index in [0.29, 0.717) is 5.56 Å². The van der Waals surface area contributed by atoms with E-state index in [-0.39, 0.29) is 0 Å². The lowest BCUT2D eigenvalue weighted by atomic mass is 10.1. The van der Waals surface area contributed by atoms with Crippen LogP contribution in [0.4, 0.5) is 0 Å². The minimum atomic E-state index is -0.436. The zero-order valence-corrected chi connectivity index (χ0v) is 6.28. The van der Waals surface area contributed by atoms with E-state index in [1.54, 1.807) is 18.2 Å². The zero-order chi connectivity index (χ0) is 8.55. The third kappa shape index (κ3) is 0.958. The maximum Gasteiger partial charge on any atom is 0.349 e. The molecule has 0 aromatic heterocycles. The fraction of sp³-hybridized carbons (Fsp3) is 0. The minimum absolute atomic E-state index is 0.409. The van der Waals surface area contributed by atoms with Crippen LogP contribution in [-0.2, 0) is 0 Å². The number of carbonyl (C=O) groups excluding carboxylic acids is 1. The van der Waals surface area contributed by atoms with E-state index in [9.17, 15) is 10.0 Å². The number of rotatable bonds is 0. The summed E-state index contributed by atoms with van der Waals surface area (Å²) in [4.78, 5) is 11.2. The number of hydroxylamine groups is 2. The zero-order valence-electron chi connectivity index (χ0n) is 6.28. The molecule has 1 N–H and O–H groups in total. The number of amides is 1. The minimum Gasteiger partial charge on any atom is -0.621 e. The van der Waals surface area contributed by atoms with Crippen LogP contribution in [0.3, 0.4) is 0 Å². The van der Waals surface area contributed by atoms with Crippen LogP contribution in [0, 0.1) is 5.21 Å². The molecule has 1 aromatic rings. The summed E-state index contributed by atoms with van der Waals surface area (Å²) in [6.45, 7) is 0. The lowest BCUT2D eigenvalue weighted by Gasteiger charge is -2.18. The molecule has 3 nitrogen and oxygen atoms in total. The Morgan fingerprint density at radius 1 is 1.25 bits per heavy atom. The van der Waals surface area contributed by atoms with Crippen molar-refractivity contribution in [3.8, 4) is 0 Å². The van der Waals surface area contributed by atoms with Crippen molar-refractivity contribution in [3.05, 3.63) is 46.8 Å². The van der Waals surface area contributed by atoms with Crippen LogP contribution >= 0.6 is 0 Å². The van der Waals surface area contributed by atoms with E-state index in [1.165, 1.54) is 6.20 Å². The van der Waals surface area contributed by atoms with E-state index in [1.807, 2.05) is 12.1 Å². The van der Waals surface area contributed by atoms with Crippen molar-refractivity contribution >= 4 is 12.0 Å². The highest BCUT2D eigenvalue weighted by Gasteiger charge is 2.18. The number of benzene rings is 1. The number of fused-ring (bicyclic) bond motifs is 1. The number of hydrogen-bond donors (Lipinski definition) is 1. The van der Waals surface area contributed by atoms with Gasteiger partial charge in [0, 0.05) is 6.08 Å². The van der Waals surface area contributed by atoms with Gasteiger partial charge in [0.05, 0.1) is 5.56 Å². The summed E-state index contributed by atoms with van der Waals surface area (Å²) in [6.07, 6.45) is 2.98. The van der Waals surface area contributed by atoms with Crippen molar-refractivity contribution < 1.29 is 9.86 Å². The molecule has 1 aromatic carbocycles. The summed E-state index contributed by atoms with van der Waals surface area (Å²) in [6, 6.07) is 7.07. The molecule has 0 fully saturated rings. The lowest BCUT2D eigenvalue weighted by Crippen LogP contribution is -3.05. The summed E-state index contributed by atoms with van der Waals surface area (Å²) in [5.41, 5.74) is 1.33. The molecule has 1 aliphatic heterocycles. The molecular weight excluding hydrogens is 154 g/mol. The highest BCUT2D eigenvalue weighted by atomic mass is 16.5. The average molecular weight is 161 g/mol. The molecular formula is C9H7NO2. The standard InChI is InChI=1S/C9H7NO2/c11-9-8-4-2-1-3-7(8)5-6-10(9)12/h1-6,10H. The van der Waals surface area contributed by atoms with E-state index in [2.05, 4.69) is 0 Å². The largest absolute Gasteiger partial charge is 0.621 e. The van der Waals surface area contributed by atoms with Gasteiger partial charge in [0.1, 0.15) is 6.20 Å². The summed E-state index contributed by atoms with van der Waals surface area (Å²) in [5, 5.41) is 10.5. The summed E-state index contributed by atoms with van der Waals surface area (Å²) in [5.74, 6) is -0.409. The molecule has 0 saturated carbocycles. The van der Waals surface area contributed by atoms with E-state index in [0.717, 1.165) is 5.56 Å². The van der Waals surface area contributed by atoms with Gasteiger partial charge in [-0.1, -0.05) is 18.2 Å². The smallest absolute Gasteiger partial charge is 0.349 e. The highest BCUT2D eigenvalue weighted by molar-refractivity contribution is 5.93. The van der Waals surface area contributed by atoms with Crippen LogP contribution in [-0.4, -0.2) is 5.91 Å². The van der Waals surface area contributed by atoms with E-state index in [4.69, 9.17) is 0 Å². The SMILES string of the molecule is O=C1c2ccccc2C=C[NH+]1[O-]. The highest BCUT2D eigenvalue weighted by Crippen LogP contribution is 2.11. The van der Waals surface area contributed by atoms with Gasteiger partial charge in [-0.3, -0.25) is 5.06 Å². The van der Waals surface area contributed by atoms with Crippen molar-refractivity contribution in [1.29, 1.82) is 0 Å². The molecule has 60 valence electrons. The number of quaternary nitrogens is 1.